The van der Waals surface area contributed by atoms with Gasteiger partial charge in [0.2, 0.25) is 0 Å². The van der Waals surface area contributed by atoms with Crippen LogP contribution in [0.1, 0.15) is 99.8 Å². The summed E-state index contributed by atoms with van der Waals surface area (Å²) in [5.74, 6) is 6.24. The highest BCUT2D eigenvalue weighted by molar-refractivity contribution is 5.79. The topological polar surface area (TPSA) is 17.1 Å². The van der Waals surface area contributed by atoms with E-state index >= 15 is 0 Å². The average Bonchev–Trinajstić information content (AvgIpc) is 2.96. The summed E-state index contributed by atoms with van der Waals surface area (Å²) < 4.78 is 0. The minimum absolute atomic E-state index is 0.312. The normalized spacial score (nSPS) is 52.8. The fourth-order valence-electron chi connectivity index (χ4n) is 8.52. The molecule has 0 aliphatic heterocycles. The first-order chi connectivity index (χ1) is 12.3. The zero-order chi connectivity index (χ0) is 19.3. The molecule has 1 nitrogen and oxygen atoms in total. The van der Waals surface area contributed by atoms with Crippen LogP contribution in [0.2, 0.25) is 0 Å². The minimum Gasteiger partial charge on any atom is -0.300 e. The minimum atomic E-state index is 0.312. The van der Waals surface area contributed by atoms with E-state index in [0.29, 0.717) is 22.5 Å². The lowest BCUT2D eigenvalue weighted by Gasteiger charge is -2.63. The highest BCUT2D eigenvalue weighted by Crippen LogP contribution is 2.68. The molecule has 4 saturated carbocycles. The molecule has 0 heterocycles. The number of ketones is 1. The van der Waals surface area contributed by atoms with Gasteiger partial charge in [-0.1, -0.05) is 48.0 Å². The van der Waals surface area contributed by atoms with E-state index in [1.807, 2.05) is 20.8 Å². The van der Waals surface area contributed by atoms with Gasteiger partial charge in [-0.25, -0.2) is 0 Å². The quantitative estimate of drug-likeness (QED) is 0.485. The second-order valence-electron chi connectivity index (χ2n) is 10.9. The fraction of sp³-hybridized carbons (Fsp3) is 0.960. The predicted molar refractivity (Wildman–Crippen MR) is 111 cm³/mol. The van der Waals surface area contributed by atoms with E-state index in [1.165, 1.54) is 51.4 Å². The van der Waals surface area contributed by atoms with Gasteiger partial charge in [-0.3, -0.25) is 4.79 Å². The zero-order valence-corrected chi connectivity index (χ0v) is 18.6. The summed E-state index contributed by atoms with van der Waals surface area (Å²) in [5, 5.41) is 0. The van der Waals surface area contributed by atoms with Crippen LogP contribution in [0.4, 0.5) is 0 Å². The Balaban J connectivity index is 0.000000948. The maximum atomic E-state index is 12.3. The van der Waals surface area contributed by atoms with Crippen molar-refractivity contribution < 1.29 is 4.79 Å². The third-order valence-electron chi connectivity index (χ3n) is 9.78. The smallest absolute Gasteiger partial charge is 0.133 e. The maximum absolute atomic E-state index is 12.3. The Labute approximate surface area is 163 Å². The van der Waals surface area contributed by atoms with Gasteiger partial charge in [-0.2, -0.15) is 0 Å². The molecule has 4 rings (SSSR count). The van der Waals surface area contributed by atoms with E-state index in [-0.39, 0.29) is 0 Å². The summed E-state index contributed by atoms with van der Waals surface area (Å²) in [6.07, 6.45) is 11.0. The van der Waals surface area contributed by atoms with Crippen LogP contribution in [0.3, 0.4) is 0 Å². The van der Waals surface area contributed by atoms with Crippen molar-refractivity contribution in [3.8, 4) is 0 Å². The molecule has 9 unspecified atom stereocenters. The molecule has 0 bridgehead atoms. The van der Waals surface area contributed by atoms with Crippen molar-refractivity contribution in [1.29, 1.82) is 0 Å². The molecule has 4 fully saturated rings. The average molecular weight is 361 g/mol. The first-order valence-electron chi connectivity index (χ1n) is 11.8. The zero-order valence-electron chi connectivity index (χ0n) is 18.6. The Morgan fingerprint density at radius 2 is 1.46 bits per heavy atom. The largest absolute Gasteiger partial charge is 0.300 e. The van der Waals surface area contributed by atoms with E-state index in [2.05, 4.69) is 27.7 Å². The second kappa shape index (κ2) is 7.25. The van der Waals surface area contributed by atoms with Crippen LogP contribution in [0.25, 0.3) is 0 Å². The van der Waals surface area contributed by atoms with Gasteiger partial charge in [0.1, 0.15) is 5.78 Å². The lowest BCUT2D eigenvalue weighted by Crippen LogP contribution is -2.56. The van der Waals surface area contributed by atoms with E-state index in [4.69, 9.17) is 0 Å². The fourth-order valence-corrected chi connectivity index (χ4v) is 8.52. The van der Waals surface area contributed by atoms with Gasteiger partial charge in [0.15, 0.2) is 0 Å². The Morgan fingerprint density at radius 3 is 2.12 bits per heavy atom. The molecule has 0 aromatic heterocycles. The predicted octanol–water partition coefficient (Wildman–Crippen LogP) is 7.14. The number of carbonyl (C=O) groups excluding carboxylic acids is 1. The van der Waals surface area contributed by atoms with Crippen molar-refractivity contribution in [2.75, 3.05) is 0 Å². The monoisotopic (exact) mass is 360 g/mol. The molecule has 0 aromatic rings. The van der Waals surface area contributed by atoms with E-state index in [9.17, 15) is 4.79 Å². The van der Waals surface area contributed by atoms with Crippen molar-refractivity contribution in [3.05, 3.63) is 0 Å². The number of fused-ring (bicyclic) bond motifs is 5. The van der Waals surface area contributed by atoms with E-state index in [0.717, 1.165) is 35.5 Å². The summed E-state index contributed by atoms with van der Waals surface area (Å²) >= 11 is 0. The Hall–Kier alpha value is -0.330. The lowest BCUT2D eigenvalue weighted by molar-refractivity contribution is -0.146. The van der Waals surface area contributed by atoms with Crippen molar-refractivity contribution in [2.45, 2.75) is 99.8 Å². The van der Waals surface area contributed by atoms with Gasteiger partial charge in [0.05, 0.1) is 0 Å². The van der Waals surface area contributed by atoms with Gasteiger partial charge in [-0.15, -0.1) is 0 Å². The first kappa shape index (κ1) is 20.4. The molecule has 0 spiro atoms. The number of hydrogen-bond acceptors (Lipinski definition) is 1. The molecule has 9 atom stereocenters. The SMILES string of the molecule is CC.CC(=O)C1CCC2C3C(C)CC4CC(C)CCC4(C)C3CCC12C. The van der Waals surface area contributed by atoms with Crippen LogP contribution in [0.15, 0.2) is 0 Å². The summed E-state index contributed by atoms with van der Waals surface area (Å²) in [5.41, 5.74) is 0.908. The molecule has 4 aliphatic carbocycles. The summed E-state index contributed by atoms with van der Waals surface area (Å²) in [6.45, 7) is 16.0. The van der Waals surface area contributed by atoms with Gasteiger partial charge in [0, 0.05) is 5.92 Å². The Kier molecular flexibility index (Phi) is 5.69. The molecular weight excluding hydrogens is 316 g/mol. The standard InChI is InChI=1S/C23H38O.C2H6/c1-14-8-10-22(4)17(12-14)13-15(2)21-19-7-6-18(16(3)24)23(19,5)11-9-20(21)22;1-2/h14-15,17-21H,6-13H2,1-5H3;1-2H3. The van der Waals surface area contributed by atoms with Crippen LogP contribution in [0, 0.1) is 52.3 Å². The third-order valence-corrected chi connectivity index (χ3v) is 9.78. The van der Waals surface area contributed by atoms with Gasteiger partial charge < -0.3 is 0 Å². The number of Topliss-reactive ketones (excluding diaryl/α,β-unsaturated/α-hetero) is 1. The van der Waals surface area contributed by atoms with Crippen LogP contribution < -0.4 is 0 Å². The molecular formula is C25H44O. The van der Waals surface area contributed by atoms with Gasteiger partial charge >= 0.3 is 0 Å². The van der Waals surface area contributed by atoms with Crippen molar-refractivity contribution in [1.82, 2.24) is 0 Å². The summed E-state index contributed by atoms with van der Waals surface area (Å²) in [6, 6.07) is 0. The highest BCUT2D eigenvalue weighted by atomic mass is 16.1. The molecule has 150 valence electrons. The lowest BCUT2D eigenvalue weighted by atomic mass is 9.42. The molecule has 0 amide bonds. The Morgan fingerprint density at radius 1 is 0.846 bits per heavy atom. The first-order valence-corrected chi connectivity index (χ1v) is 11.8. The van der Waals surface area contributed by atoms with Crippen molar-refractivity contribution in [3.63, 3.8) is 0 Å². The van der Waals surface area contributed by atoms with Crippen LogP contribution in [0.5, 0.6) is 0 Å². The third kappa shape index (κ3) is 2.91. The summed E-state index contributed by atoms with van der Waals surface area (Å²) in [7, 11) is 0. The molecule has 0 aromatic carbocycles. The molecule has 4 aliphatic rings. The van der Waals surface area contributed by atoms with Crippen molar-refractivity contribution in [2.24, 2.45) is 52.3 Å². The second-order valence-corrected chi connectivity index (χ2v) is 10.9. The molecule has 0 radical (unpaired) electrons. The molecule has 0 N–H and O–H groups in total. The summed E-state index contributed by atoms with van der Waals surface area (Å²) in [4.78, 5) is 12.3. The molecule has 26 heavy (non-hydrogen) atoms. The van der Waals surface area contributed by atoms with Gasteiger partial charge in [-0.05, 0) is 98.2 Å². The van der Waals surface area contributed by atoms with Crippen LogP contribution in [-0.4, -0.2) is 5.78 Å². The molecule has 1 heteroatoms. The number of hydrogen-bond donors (Lipinski definition) is 0. The molecule has 0 saturated heterocycles. The van der Waals surface area contributed by atoms with E-state index < -0.39 is 0 Å². The van der Waals surface area contributed by atoms with Crippen molar-refractivity contribution >= 4 is 5.78 Å². The number of carbonyl (C=O) groups is 1. The number of rotatable bonds is 1. The highest BCUT2D eigenvalue weighted by Gasteiger charge is 2.62. The van der Waals surface area contributed by atoms with Crippen LogP contribution >= 0.6 is 0 Å². The van der Waals surface area contributed by atoms with Crippen LogP contribution in [-0.2, 0) is 4.79 Å². The van der Waals surface area contributed by atoms with Gasteiger partial charge in [0.25, 0.3) is 0 Å². The van der Waals surface area contributed by atoms with E-state index in [1.54, 1.807) is 0 Å². The maximum Gasteiger partial charge on any atom is 0.133 e. The Bertz CT molecular complexity index is 524.